The van der Waals surface area contributed by atoms with Gasteiger partial charge in [0.25, 0.3) is 0 Å². The first-order chi connectivity index (χ1) is 7.13. The van der Waals surface area contributed by atoms with Gasteiger partial charge in [0, 0.05) is 12.7 Å². The van der Waals surface area contributed by atoms with Crippen LogP contribution in [0, 0.1) is 0 Å². The molecule has 0 aromatic heterocycles. The van der Waals surface area contributed by atoms with Crippen molar-refractivity contribution in [2.24, 2.45) is 5.73 Å². The van der Waals surface area contributed by atoms with Crippen molar-refractivity contribution in [3.63, 3.8) is 0 Å². The van der Waals surface area contributed by atoms with E-state index in [-0.39, 0.29) is 11.0 Å². The second-order valence-electron chi connectivity index (χ2n) is 3.00. The van der Waals surface area contributed by atoms with Crippen LogP contribution in [0.2, 0.25) is 0 Å². The van der Waals surface area contributed by atoms with E-state index in [1.165, 1.54) is 0 Å². The summed E-state index contributed by atoms with van der Waals surface area (Å²) in [6.45, 7) is 0. The summed E-state index contributed by atoms with van der Waals surface area (Å²) in [5.41, 5.74) is 7.01. The van der Waals surface area contributed by atoms with Gasteiger partial charge in [-0.15, -0.1) is 0 Å². The van der Waals surface area contributed by atoms with Gasteiger partial charge in [0.1, 0.15) is 0 Å². The summed E-state index contributed by atoms with van der Waals surface area (Å²) in [6, 6.07) is 7.41. The van der Waals surface area contributed by atoms with Crippen molar-refractivity contribution < 1.29 is 4.79 Å². The molecule has 0 aliphatic heterocycles. The summed E-state index contributed by atoms with van der Waals surface area (Å²) in [5, 5.41) is 5.59. The largest absolute Gasteiger partial charge is 0.376 e. The summed E-state index contributed by atoms with van der Waals surface area (Å²) >= 11 is 4.75. The smallest absolute Gasteiger partial charge is 0.224 e. The third kappa shape index (κ3) is 3.55. The Labute approximate surface area is 93.9 Å². The molecule has 0 radical (unpaired) electrons. The fraction of sp³-hybridized carbons (Fsp3) is 0.200. The lowest BCUT2D eigenvalue weighted by Gasteiger charge is -2.09. The lowest BCUT2D eigenvalue weighted by atomic mass is 10.1. The fourth-order valence-electron chi connectivity index (χ4n) is 1.19. The molecule has 0 heterocycles. The molecule has 4 nitrogen and oxygen atoms in total. The van der Waals surface area contributed by atoms with Crippen molar-refractivity contribution >= 4 is 28.9 Å². The maximum atomic E-state index is 11.2. The highest BCUT2D eigenvalue weighted by atomic mass is 32.1. The third-order valence-electron chi connectivity index (χ3n) is 1.91. The number of amides is 1. The molecule has 15 heavy (non-hydrogen) atoms. The maximum absolute atomic E-state index is 11.2. The Morgan fingerprint density at radius 2 is 2.13 bits per heavy atom. The van der Waals surface area contributed by atoms with Crippen LogP contribution in [0.5, 0.6) is 0 Å². The number of hydrogen-bond acceptors (Lipinski definition) is 2. The maximum Gasteiger partial charge on any atom is 0.224 e. The van der Waals surface area contributed by atoms with Crippen LogP contribution in [-0.4, -0.2) is 18.1 Å². The summed E-state index contributed by atoms with van der Waals surface area (Å²) in [7, 11) is 1.60. The molecule has 0 aliphatic carbocycles. The number of nitrogens with two attached hydrogens (primary N) is 1. The lowest BCUT2D eigenvalue weighted by Crippen LogP contribution is -2.23. The fourth-order valence-corrected chi connectivity index (χ4v) is 1.30. The first-order valence-corrected chi connectivity index (χ1v) is 4.89. The third-order valence-corrected chi connectivity index (χ3v) is 2.01. The van der Waals surface area contributed by atoms with Gasteiger partial charge in [-0.3, -0.25) is 4.79 Å². The van der Waals surface area contributed by atoms with Gasteiger partial charge in [0.15, 0.2) is 5.11 Å². The number of benzene rings is 1. The molecule has 5 heteroatoms. The van der Waals surface area contributed by atoms with Crippen molar-refractivity contribution in [1.82, 2.24) is 5.32 Å². The molecule has 0 spiro atoms. The number of carbonyl (C=O) groups is 1. The van der Waals surface area contributed by atoms with Crippen LogP contribution in [0.4, 0.5) is 5.69 Å². The monoisotopic (exact) mass is 223 g/mol. The molecule has 1 aromatic rings. The number of para-hydroxylation sites is 1. The number of carbonyl (C=O) groups excluding carboxylic acids is 1. The Bertz CT molecular complexity index is 379. The van der Waals surface area contributed by atoms with E-state index in [9.17, 15) is 4.79 Å². The molecule has 0 bridgehead atoms. The predicted molar refractivity (Wildman–Crippen MR) is 64.6 cm³/mol. The van der Waals surface area contributed by atoms with E-state index >= 15 is 0 Å². The van der Waals surface area contributed by atoms with Crippen LogP contribution >= 0.6 is 12.2 Å². The second kappa shape index (κ2) is 5.31. The zero-order chi connectivity index (χ0) is 11.3. The number of nitrogens with one attached hydrogen (secondary N) is 2. The van der Waals surface area contributed by atoms with E-state index in [1.54, 1.807) is 7.05 Å². The Morgan fingerprint density at radius 3 is 2.73 bits per heavy atom. The minimum Gasteiger partial charge on any atom is -0.376 e. The molecule has 1 rings (SSSR count). The van der Waals surface area contributed by atoms with Gasteiger partial charge in [0.2, 0.25) is 5.91 Å². The highest BCUT2D eigenvalue weighted by molar-refractivity contribution is 7.80. The summed E-state index contributed by atoms with van der Waals surface area (Å²) in [4.78, 5) is 11.2. The molecule has 4 N–H and O–H groups in total. The van der Waals surface area contributed by atoms with Crippen molar-refractivity contribution in [3.8, 4) is 0 Å². The standard InChI is InChI=1S/C10H13N3OS/c1-12-9(14)6-7-4-2-3-5-8(7)13-10(11)15/h2-5H,6H2,1H3,(H,12,14)(H3,11,13,15). The van der Waals surface area contributed by atoms with E-state index in [2.05, 4.69) is 10.6 Å². The summed E-state index contributed by atoms with van der Waals surface area (Å²) < 4.78 is 0. The Morgan fingerprint density at radius 1 is 1.47 bits per heavy atom. The second-order valence-corrected chi connectivity index (χ2v) is 3.44. The Balaban J connectivity index is 2.85. The van der Waals surface area contributed by atoms with Crippen molar-refractivity contribution in [1.29, 1.82) is 0 Å². The Hall–Kier alpha value is -1.62. The highest BCUT2D eigenvalue weighted by Gasteiger charge is 2.06. The van der Waals surface area contributed by atoms with Crippen molar-refractivity contribution in [2.45, 2.75) is 6.42 Å². The van der Waals surface area contributed by atoms with Crippen LogP contribution in [0.3, 0.4) is 0 Å². The van der Waals surface area contributed by atoms with E-state index in [4.69, 9.17) is 18.0 Å². The molecule has 0 aliphatic rings. The summed E-state index contributed by atoms with van der Waals surface area (Å²) in [5.74, 6) is -0.0489. The molecule has 80 valence electrons. The SMILES string of the molecule is CNC(=O)Cc1ccccc1NC(N)=S. The number of thiocarbonyl (C=S) groups is 1. The average molecular weight is 223 g/mol. The first-order valence-electron chi connectivity index (χ1n) is 4.48. The van der Waals surface area contributed by atoms with Crippen LogP contribution in [0.1, 0.15) is 5.56 Å². The Kier molecular flexibility index (Phi) is 4.05. The van der Waals surface area contributed by atoms with Gasteiger partial charge < -0.3 is 16.4 Å². The summed E-state index contributed by atoms with van der Waals surface area (Å²) in [6.07, 6.45) is 0.308. The molecule has 1 amide bonds. The minimum atomic E-state index is -0.0489. The normalized spacial score (nSPS) is 9.40. The molecule has 1 aromatic carbocycles. The molecule has 0 fully saturated rings. The van der Waals surface area contributed by atoms with Gasteiger partial charge in [0.05, 0.1) is 6.42 Å². The number of hydrogen-bond donors (Lipinski definition) is 3. The van der Waals surface area contributed by atoms with Gasteiger partial charge >= 0.3 is 0 Å². The zero-order valence-electron chi connectivity index (χ0n) is 8.41. The quantitative estimate of drug-likeness (QED) is 0.658. The van der Waals surface area contributed by atoms with Gasteiger partial charge in [-0.25, -0.2) is 0 Å². The first kappa shape index (κ1) is 11.5. The van der Waals surface area contributed by atoms with E-state index in [1.807, 2.05) is 24.3 Å². The van der Waals surface area contributed by atoms with E-state index in [0.29, 0.717) is 6.42 Å². The number of likely N-dealkylation sites (N-methyl/N-ethyl adjacent to an activating group) is 1. The van der Waals surface area contributed by atoms with Crippen molar-refractivity contribution in [3.05, 3.63) is 29.8 Å². The van der Waals surface area contributed by atoms with E-state index < -0.39 is 0 Å². The number of rotatable bonds is 3. The minimum absolute atomic E-state index is 0.0489. The molecular formula is C10H13N3OS. The molecule has 0 saturated carbocycles. The lowest BCUT2D eigenvalue weighted by molar-refractivity contribution is -0.119. The van der Waals surface area contributed by atoms with Crippen LogP contribution < -0.4 is 16.4 Å². The van der Waals surface area contributed by atoms with Gasteiger partial charge in [-0.2, -0.15) is 0 Å². The van der Waals surface area contributed by atoms with Gasteiger partial charge in [-0.05, 0) is 23.8 Å². The van der Waals surface area contributed by atoms with E-state index in [0.717, 1.165) is 11.3 Å². The zero-order valence-corrected chi connectivity index (χ0v) is 9.23. The average Bonchev–Trinajstić information content (AvgIpc) is 2.20. The van der Waals surface area contributed by atoms with Crippen molar-refractivity contribution in [2.75, 3.05) is 12.4 Å². The van der Waals surface area contributed by atoms with Crippen LogP contribution in [0.25, 0.3) is 0 Å². The molecule has 0 unspecified atom stereocenters. The topological polar surface area (TPSA) is 67.2 Å². The highest BCUT2D eigenvalue weighted by Crippen LogP contribution is 2.15. The number of anilines is 1. The molecule has 0 saturated heterocycles. The van der Waals surface area contributed by atoms with Crippen LogP contribution in [-0.2, 0) is 11.2 Å². The van der Waals surface area contributed by atoms with Crippen LogP contribution in [0.15, 0.2) is 24.3 Å². The molecule has 0 atom stereocenters. The predicted octanol–water partition coefficient (Wildman–Crippen LogP) is 0.631. The van der Waals surface area contributed by atoms with Gasteiger partial charge in [-0.1, -0.05) is 18.2 Å². The molecular weight excluding hydrogens is 210 g/mol.